The summed E-state index contributed by atoms with van der Waals surface area (Å²) in [4.78, 5) is 17.8. The summed E-state index contributed by atoms with van der Waals surface area (Å²) < 4.78 is 40.3. The lowest BCUT2D eigenvalue weighted by atomic mass is 10.1. The van der Waals surface area contributed by atoms with Crippen LogP contribution in [-0.2, 0) is 12.6 Å². The molecule has 7 nitrogen and oxygen atoms in total. The van der Waals surface area contributed by atoms with E-state index in [-0.39, 0.29) is 12.3 Å². The normalized spacial score (nSPS) is 11.5. The van der Waals surface area contributed by atoms with Crippen LogP contribution >= 0.6 is 11.3 Å². The molecule has 1 amide bonds. The maximum absolute atomic E-state index is 12.9. The Labute approximate surface area is 178 Å². The fourth-order valence-corrected chi connectivity index (χ4v) is 3.92. The number of nitrogens with one attached hydrogen (secondary N) is 1. The van der Waals surface area contributed by atoms with Gasteiger partial charge in [0, 0.05) is 16.9 Å². The van der Waals surface area contributed by atoms with Crippen LogP contribution in [-0.4, -0.2) is 31.1 Å². The van der Waals surface area contributed by atoms with Crippen molar-refractivity contribution in [2.45, 2.75) is 19.5 Å². The zero-order valence-corrected chi connectivity index (χ0v) is 16.9. The van der Waals surface area contributed by atoms with E-state index in [0.717, 1.165) is 17.0 Å². The molecule has 2 aromatic heterocycles. The van der Waals surface area contributed by atoms with Gasteiger partial charge in [0.05, 0.1) is 16.9 Å². The number of halogens is 3. The van der Waals surface area contributed by atoms with Gasteiger partial charge in [0.25, 0.3) is 5.91 Å². The summed E-state index contributed by atoms with van der Waals surface area (Å²) in [6, 6.07) is 11.9. The Bertz CT molecular complexity index is 1220. The molecule has 0 aliphatic heterocycles. The van der Waals surface area contributed by atoms with E-state index in [9.17, 15) is 18.0 Å². The lowest BCUT2D eigenvalue weighted by Crippen LogP contribution is -2.12. The van der Waals surface area contributed by atoms with Crippen molar-refractivity contribution in [2.75, 3.05) is 5.32 Å². The standard InChI is InChI=1S/C20H15F3N6OS/c1-12-17(9-13-4-2-6-15(8-13)20(21,22)23)31-19(25-12)26-18(30)14-5-3-7-16(10-14)29-11-24-27-28-29/h2-8,10-11H,9H2,1H3,(H,25,26,30). The third kappa shape index (κ3) is 4.77. The van der Waals surface area contributed by atoms with Crippen molar-refractivity contribution in [2.24, 2.45) is 0 Å². The molecule has 0 spiro atoms. The zero-order chi connectivity index (χ0) is 22.0. The van der Waals surface area contributed by atoms with Gasteiger partial charge in [0.2, 0.25) is 0 Å². The third-order valence-corrected chi connectivity index (χ3v) is 5.53. The molecule has 11 heteroatoms. The van der Waals surface area contributed by atoms with Crippen LogP contribution in [0.5, 0.6) is 0 Å². The zero-order valence-electron chi connectivity index (χ0n) is 16.1. The summed E-state index contributed by atoms with van der Waals surface area (Å²) in [6.45, 7) is 1.76. The molecule has 31 heavy (non-hydrogen) atoms. The number of thiazole rings is 1. The maximum Gasteiger partial charge on any atom is 0.416 e. The van der Waals surface area contributed by atoms with Crippen LogP contribution < -0.4 is 5.32 Å². The van der Waals surface area contributed by atoms with Crippen LogP contribution in [0.2, 0.25) is 0 Å². The van der Waals surface area contributed by atoms with Gasteiger partial charge in [-0.25, -0.2) is 9.67 Å². The first-order valence-corrected chi connectivity index (χ1v) is 9.88. The molecule has 0 aliphatic rings. The quantitative estimate of drug-likeness (QED) is 0.496. The van der Waals surface area contributed by atoms with Gasteiger partial charge < -0.3 is 0 Å². The summed E-state index contributed by atoms with van der Waals surface area (Å²) >= 11 is 1.23. The first kappa shape index (κ1) is 20.7. The molecule has 0 saturated carbocycles. The molecule has 4 rings (SSSR count). The molecular formula is C20H15F3N6OS. The molecule has 0 unspecified atom stereocenters. The number of carbonyl (C=O) groups is 1. The Morgan fingerprint density at radius 2 is 1.97 bits per heavy atom. The van der Waals surface area contributed by atoms with Crippen LogP contribution in [0.15, 0.2) is 54.9 Å². The molecule has 0 saturated heterocycles. The number of benzene rings is 2. The van der Waals surface area contributed by atoms with Crippen molar-refractivity contribution in [3.8, 4) is 5.69 Å². The minimum absolute atomic E-state index is 0.290. The summed E-state index contributed by atoms with van der Waals surface area (Å²) in [5.74, 6) is -0.366. The third-order valence-electron chi connectivity index (χ3n) is 4.45. The Balaban J connectivity index is 1.50. The average molecular weight is 444 g/mol. The highest BCUT2D eigenvalue weighted by Gasteiger charge is 2.30. The van der Waals surface area contributed by atoms with E-state index in [4.69, 9.17) is 0 Å². The molecule has 158 valence electrons. The summed E-state index contributed by atoms with van der Waals surface area (Å²) in [7, 11) is 0. The predicted molar refractivity (Wildman–Crippen MR) is 108 cm³/mol. The Kier molecular flexibility index (Phi) is 5.51. The molecule has 0 bridgehead atoms. The molecule has 0 radical (unpaired) electrons. The van der Waals surface area contributed by atoms with E-state index in [0.29, 0.717) is 27.6 Å². The number of aromatic nitrogens is 5. The largest absolute Gasteiger partial charge is 0.416 e. The lowest BCUT2D eigenvalue weighted by molar-refractivity contribution is -0.137. The predicted octanol–water partition coefficient (Wildman–Crippen LogP) is 4.29. The highest BCUT2D eigenvalue weighted by atomic mass is 32.1. The lowest BCUT2D eigenvalue weighted by Gasteiger charge is -2.08. The number of hydrogen-bond acceptors (Lipinski definition) is 6. The molecule has 0 aliphatic carbocycles. The van der Waals surface area contributed by atoms with Gasteiger partial charge >= 0.3 is 6.18 Å². The van der Waals surface area contributed by atoms with Crippen molar-refractivity contribution in [1.29, 1.82) is 0 Å². The van der Waals surface area contributed by atoms with Crippen molar-refractivity contribution in [1.82, 2.24) is 25.2 Å². The number of amides is 1. The van der Waals surface area contributed by atoms with Gasteiger partial charge in [-0.3, -0.25) is 10.1 Å². The van der Waals surface area contributed by atoms with Gasteiger partial charge in [0.1, 0.15) is 6.33 Å². The van der Waals surface area contributed by atoms with Gasteiger partial charge in [-0.1, -0.05) is 24.3 Å². The van der Waals surface area contributed by atoms with Crippen molar-refractivity contribution in [3.05, 3.63) is 82.1 Å². The van der Waals surface area contributed by atoms with E-state index in [1.165, 1.54) is 28.4 Å². The van der Waals surface area contributed by atoms with Crippen molar-refractivity contribution < 1.29 is 18.0 Å². The molecule has 2 heterocycles. The smallest absolute Gasteiger partial charge is 0.298 e. The van der Waals surface area contributed by atoms with E-state index >= 15 is 0 Å². The number of carbonyl (C=O) groups excluding carboxylic acids is 1. The second-order valence-electron chi connectivity index (χ2n) is 6.66. The number of alkyl halides is 3. The number of hydrogen-bond donors (Lipinski definition) is 1. The first-order chi connectivity index (χ1) is 14.8. The van der Waals surface area contributed by atoms with Crippen LogP contribution in [0.25, 0.3) is 5.69 Å². The van der Waals surface area contributed by atoms with E-state index in [2.05, 4.69) is 25.8 Å². The highest BCUT2D eigenvalue weighted by Crippen LogP contribution is 2.31. The molecule has 1 N–H and O–H groups in total. The number of aryl methyl sites for hydroxylation is 1. The number of tetrazole rings is 1. The highest BCUT2D eigenvalue weighted by molar-refractivity contribution is 7.15. The maximum atomic E-state index is 12.9. The molecule has 0 fully saturated rings. The number of nitrogens with zero attached hydrogens (tertiary/aromatic N) is 5. The number of rotatable bonds is 5. The van der Waals surface area contributed by atoms with E-state index in [1.54, 1.807) is 37.3 Å². The summed E-state index contributed by atoms with van der Waals surface area (Å²) in [5.41, 5.74) is 1.50. The van der Waals surface area contributed by atoms with Crippen LogP contribution in [0.1, 0.15) is 32.1 Å². The Morgan fingerprint density at radius 3 is 2.71 bits per heavy atom. The SMILES string of the molecule is Cc1nc(NC(=O)c2cccc(-n3cnnn3)c2)sc1Cc1cccc(C(F)(F)F)c1. The Hall–Kier alpha value is -3.60. The minimum atomic E-state index is -4.39. The molecule has 4 aromatic rings. The molecule has 0 atom stereocenters. The topological polar surface area (TPSA) is 85.6 Å². The monoisotopic (exact) mass is 444 g/mol. The second-order valence-corrected chi connectivity index (χ2v) is 7.74. The average Bonchev–Trinajstić information content (AvgIpc) is 3.38. The van der Waals surface area contributed by atoms with Crippen molar-refractivity contribution in [3.63, 3.8) is 0 Å². The van der Waals surface area contributed by atoms with Crippen LogP contribution in [0.4, 0.5) is 18.3 Å². The fraction of sp³-hybridized carbons (Fsp3) is 0.150. The van der Waals surface area contributed by atoms with Crippen LogP contribution in [0.3, 0.4) is 0 Å². The molecule has 2 aromatic carbocycles. The number of anilines is 1. The van der Waals surface area contributed by atoms with Crippen molar-refractivity contribution >= 4 is 22.4 Å². The Morgan fingerprint density at radius 1 is 1.16 bits per heavy atom. The van der Waals surface area contributed by atoms with Gasteiger partial charge in [0.15, 0.2) is 5.13 Å². The van der Waals surface area contributed by atoms with Gasteiger partial charge in [-0.05, 0) is 47.2 Å². The van der Waals surface area contributed by atoms with E-state index in [1.807, 2.05) is 0 Å². The summed E-state index contributed by atoms with van der Waals surface area (Å²) in [5, 5.41) is 14.0. The minimum Gasteiger partial charge on any atom is -0.298 e. The van der Waals surface area contributed by atoms with Gasteiger partial charge in [-0.15, -0.1) is 16.4 Å². The van der Waals surface area contributed by atoms with Gasteiger partial charge in [-0.2, -0.15) is 13.2 Å². The second kappa shape index (κ2) is 8.26. The first-order valence-electron chi connectivity index (χ1n) is 9.07. The summed E-state index contributed by atoms with van der Waals surface area (Å²) in [6.07, 6.45) is -2.69. The van der Waals surface area contributed by atoms with Crippen LogP contribution in [0, 0.1) is 6.92 Å². The fourth-order valence-electron chi connectivity index (χ4n) is 2.93. The van der Waals surface area contributed by atoms with E-state index < -0.39 is 11.7 Å². The molecular weight excluding hydrogens is 429 g/mol.